The van der Waals surface area contributed by atoms with E-state index in [1.165, 1.54) is 29.7 Å². The van der Waals surface area contributed by atoms with Crippen molar-refractivity contribution in [3.8, 4) is 11.3 Å². The molecule has 1 aromatic heterocycles. The van der Waals surface area contributed by atoms with E-state index in [1.54, 1.807) is 0 Å². The molecule has 1 heteroatoms. The van der Waals surface area contributed by atoms with Crippen molar-refractivity contribution in [2.75, 3.05) is 0 Å². The van der Waals surface area contributed by atoms with Crippen molar-refractivity contribution in [2.24, 2.45) is 11.3 Å². The van der Waals surface area contributed by atoms with Crippen LogP contribution in [0.15, 0.2) is 42.5 Å². The maximum atomic E-state index is 4.93. The van der Waals surface area contributed by atoms with E-state index in [0.717, 1.165) is 17.5 Å². The van der Waals surface area contributed by atoms with Crippen LogP contribution in [0.25, 0.3) is 11.3 Å². The van der Waals surface area contributed by atoms with Gasteiger partial charge in [-0.15, -0.1) is 0 Å². The Morgan fingerprint density at radius 3 is 2.58 bits per heavy atom. The predicted molar refractivity (Wildman–Crippen MR) is 78.0 cm³/mol. The highest BCUT2D eigenvalue weighted by Gasteiger charge is 2.52. The summed E-state index contributed by atoms with van der Waals surface area (Å²) in [5, 5.41) is 0. The zero-order chi connectivity index (χ0) is 13.0. The van der Waals surface area contributed by atoms with Crippen LogP contribution in [-0.2, 0) is 6.42 Å². The Balaban J connectivity index is 1.78. The van der Waals surface area contributed by atoms with Crippen molar-refractivity contribution >= 4 is 0 Å². The second-order valence-corrected chi connectivity index (χ2v) is 6.61. The van der Waals surface area contributed by atoms with E-state index in [-0.39, 0.29) is 0 Å². The van der Waals surface area contributed by atoms with Gasteiger partial charge in [0, 0.05) is 11.3 Å². The van der Waals surface area contributed by atoms with Crippen molar-refractivity contribution in [1.29, 1.82) is 0 Å². The topological polar surface area (TPSA) is 12.9 Å². The number of aromatic nitrogens is 1. The summed E-state index contributed by atoms with van der Waals surface area (Å²) >= 11 is 0. The molecular weight excluding hydrogens is 230 g/mol. The molecule has 2 bridgehead atoms. The van der Waals surface area contributed by atoms with Gasteiger partial charge >= 0.3 is 0 Å². The first-order chi connectivity index (χ1) is 9.16. The van der Waals surface area contributed by atoms with Crippen molar-refractivity contribution < 1.29 is 0 Å². The molecule has 0 saturated heterocycles. The number of hydrogen-bond donors (Lipinski definition) is 0. The molecule has 0 aliphatic heterocycles. The van der Waals surface area contributed by atoms with Gasteiger partial charge in [0.05, 0.1) is 5.69 Å². The first kappa shape index (κ1) is 11.2. The third-order valence-corrected chi connectivity index (χ3v) is 5.36. The molecule has 1 fully saturated rings. The molecular formula is C18H19N. The average Bonchev–Trinajstić information content (AvgIpc) is 2.46. The molecule has 1 nitrogen and oxygen atoms in total. The fourth-order valence-electron chi connectivity index (χ4n) is 3.89. The standard InChI is InChI=1S/C18H19N/c1-18(2)13-10-15(18)14-8-9-16(19-17(14)11-13)12-6-4-3-5-7-12/h3-9,13,15H,10-11H2,1-2H3. The van der Waals surface area contributed by atoms with Crippen LogP contribution in [0.1, 0.15) is 37.4 Å². The third-order valence-electron chi connectivity index (χ3n) is 5.36. The summed E-state index contributed by atoms with van der Waals surface area (Å²) in [6.45, 7) is 4.83. The number of nitrogens with zero attached hydrogens (tertiary/aromatic N) is 1. The molecule has 0 N–H and O–H groups in total. The Hall–Kier alpha value is -1.63. The van der Waals surface area contributed by atoms with Crippen LogP contribution >= 0.6 is 0 Å². The highest BCUT2D eigenvalue weighted by Crippen LogP contribution is 2.61. The maximum absolute atomic E-state index is 4.93. The van der Waals surface area contributed by atoms with Crippen LogP contribution in [0.2, 0.25) is 0 Å². The Morgan fingerprint density at radius 2 is 1.84 bits per heavy atom. The lowest BCUT2D eigenvalue weighted by molar-refractivity contribution is 0.0170. The van der Waals surface area contributed by atoms with E-state index < -0.39 is 0 Å². The molecule has 0 radical (unpaired) electrons. The lowest BCUT2D eigenvalue weighted by Crippen LogP contribution is -2.48. The number of rotatable bonds is 1. The first-order valence-corrected chi connectivity index (χ1v) is 7.21. The molecule has 1 saturated carbocycles. The number of hydrogen-bond acceptors (Lipinski definition) is 1. The van der Waals surface area contributed by atoms with E-state index in [4.69, 9.17) is 4.98 Å². The van der Waals surface area contributed by atoms with Crippen LogP contribution in [0.4, 0.5) is 0 Å². The number of benzene rings is 1. The average molecular weight is 249 g/mol. The molecule has 0 spiro atoms. The predicted octanol–water partition coefficient (Wildman–Crippen LogP) is 4.43. The Morgan fingerprint density at radius 1 is 1.05 bits per heavy atom. The zero-order valence-corrected chi connectivity index (χ0v) is 11.6. The molecule has 3 aliphatic rings. The SMILES string of the molecule is CC1(C)C2Cc3nc(-c4ccccc4)ccc3C1C2. The maximum Gasteiger partial charge on any atom is 0.0705 e. The normalized spacial score (nSPS) is 26.4. The van der Waals surface area contributed by atoms with Gasteiger partial charge in [0.2, 0.25) is 0 Å². The van der Waals surface area contributed by atoms with Gasteiger partial charge in [-0.1, -0.05) is 50.2 Å². The largest absolute Gasteiger partial charge is 0.253 e. The van der Waals surface area contributed by atoms with Gasteiger partial charge in [-0.05, 0) is 41.7 Å². The molecule has 1 aromatic carbocycles. The molecule has 2 aromatic rings. The molecule has 96 valence electrons. The monoisotopic (exact) mass is 249 g/mol. The summed E-state index contributed by atoms with van der Waals surface area (Å²) in [4.78, 5) is 4.93. The second-order valence-electron chi connectivity index (χ2n) is 6.61. The van der Waals surface area contributed by atoms with E-state index in [1.807, 2.05) is 0 Å². The molecule has 0 amide bonds. The molecule has 2 atom stereocenters. The fraction of sp³-hybridized carbons (Fsp3) is 0.389. The lowest BCUT2D eigenvalue weighted by atomic mass is 9.48. The zero-order valence-electron chi connectivity index (χ0n) is 11.6. The van der Waals surface area contributed by atoms with Crippen molar-refractivity contribution in [2.45, 2.75) is 32.6 Å². The van der Waals surface area contributed by atoms with Crippen LogP contribution in [-0.4, -0.2) is 4.98 Å². The summed E-state index contributed by atoms with van der Waals surface area (Å²) in [5.74, 6) is 1.57. The quantitative estimate of drug-likeness (QED) is 0.728. The van der Waals surface area contributed by atoms with E-state index in [9.17, 15) is 0 Å². The van der Waals surface area contributed by atoms with Gasteiger partial charge < -0.3 is 0 Å². The summed E-state index contributed by atoms with van der Waals surface area (Å²) in [6.07, 6.45) is 2.53. The Kier molecular flexibility index (Phi) is 2.18. The smallest absolute Gasteiger partial charge is 0.0705 e. The summed E-state index contributed by atoms with van der Waals surface area (Å²) in [6, 6.07) is 15.0. The Bertz CT molecular complexity index is 627. The Labute approximate surface area is 114 Å². The number of pyridine rings is 1. The van der Waals surface area contributed by atoms with Gasteiger partial charge in [-0.25, -0.2) is 0 Å². The van der Waals surface area contributed by atoms with Crippen LogP contribution in [0.5, 0.6) is 0 Å². The van der Waals surface area contributed by atoms with Crippen LogP contribution < -0.4 is 0 Å². The highest BCUT2D eigenvalue weighted by molar-refractivity contribution is 5.60. The second kappa shape index (κ2) is 3.69. The fourth-order valence-corrected chi connectivity index (χ4v) is 3.89. The minimum atomic E-state index is 0.489. The van der Waals surface area contributed by atoms with Crippen molar-refractivity contribution in [3.05, 3.63) is 53.7 Å². The van der Waals surface area contributed by atoms with E-state index in [0.29, 0.717) is 5.41 Å². The minimum absolute atomic E-state index is 0.489. The summed E-state index contributed by atoms with van der Waals surface area (Å²) in [5.41, 5.74) is 5.69. The van der Waals surface area contributed by atoms with Crippen LogP contribution in [0, 0.1) is 11.3 Å². The minimum Gasteiger partial charge on any atom is -0.253 e. The van der Waals surface area contributed by atoms with Gasteiger partial charge in [-0.2, -0.15) is 0 Å². The molecule has 2 unspecified atom stereocenters. The van der Waals surface area contributed by atoms with Crippen molar-refractivity contribution in [1.82, 2.24) is 4.98 Å². The molecule has 1 heterocycles. The lowest BCUT2D eigenvalue weighted by Gasteiger charge is -2.56. The summed E-state index contributed by atoms with van der Waals surface area (Å²) < 4.78 is 0. The van der Waals surface area contributed by atoms with Gasteiger partial charge in [0.15, 0.2) is 0 Å². The van der Waals surface area contributed by atoms with Gasteiger partial charge in [0.25, 0.3) is 0 Å². The van der Waals surface area contributed by atoms with Crippen LogP contribution in [0.3, 0.4) is 0 Å². The highest BCUT2D eigenvalue weighted by atomic mass is 14.8. The first-order valence-electron chi connectivity index (χ1n) is 7.21. The van der Waals surface area contributed by atoms with Gasteiger partial charge in [-0.3, -0.25) is 4.98 Å². The third kappa shape index (κ3) is 1.51. The summed E-state index contributed by atoms with van der Waals surface area (Å²) in [7, 11) is 0. The van der Waals surface area contributed by atoms with Gasteiger partial charge in [0.1, 0.15) is 0 Å². The van der Waals surface area contributed by atoms with E-state index >= 15 is 0 Å². The van der Waals surface area contributed by atoms with Crippen molar-refractivity contribution in [3.63, 3.8) is 0 Å². The van der Waals surface area contributed by atoms with E-state index in [2.05, 4.69) is 56.3 Å². The molecule has 5 rings (SSSR count). The molecule has 3 aliphatic carbocycles. The molecule has 19 heavy (non-hydrogen) atoms.